The first-order valence-electron chi connectivity index (χ1n) is 7.15. The maximum atomic E-state index is 11.6. The molecule has 1 fully saturated rings. The summed E-state index contributed by atoms with van der Waals surface area (Å²) in [4.78, 5) is 0. The molecular formula is C15H19N3O2S. The molecule has 1 saturated heterocycles. The molecule has 0 bridgehead atoms. The van der Waals surface area contributed by atoms with Gasteiger partial charge in [0, 0.05) is 24.3 Å². The molecule has 1 N–H and O–H groups in total. The second kappa shape index (κ2) is 5.99. The third-order valence-electron chi connectivity index (χ3n) is 3.71. The number of nitrogens with one attached hydrogen (secondary N) is 1. The summed E-state index contributed by atoms with van der Waals surface area (Å²) in [6, 6.07) is 9.97. The highest BCUT2D eigenvalue weighted by molar-refractivity contribution is 7.91. The fourth-order valence-electron chi connectivity index (χ4n) is 2.62. The van der Waals surface area contributed by atoms with Crippen LogP contribution in [0.5, 0.6) is 0 Å². The van der Waals surface area contributed by atoms with Crippen molar-refractivity contribution in [2.24, 2.45) is 0 Å². The number of hydrogen-bond acceptors (Lipinski definition) is 4. The van der Waals surface area contributed by atoms with E-state index < -0.39 is 9.84 Å². The van der Waals surface area contributed by atoms with E-state index in [1.807, 2.05) is 47.4 Å². The van der Waals surface area contributed by atoms with Gasteiger partial charge in [-0.05, 0) is 25.0 Å². The van der Waals surface area contributed by atoms with Crippen molar-refractivity contribution in [2.45, 2.75) is 25.4 Å². The summed E-state index contributed by atoms with van der Waals surface area (Å²) < 4.78 is 25.0. The molecule has 0 aliphatic carbocycles. The Morgan fingerprint density at radius 1 is 1.29 bits per heavy atom. The third kappa shape index (κ3) is 3.71. The zero-order valence-corrected chi connectivity index (χ0v) is 12.6. The van der Waals surface area contributed by atoms with Crippen LogP contribution in [0.15, 0.2) is 42.7 Å². The third-order valence-corrected chi connectivity index (χ3v) is 5.54. The number of nitrogens with zero attached hydrogens (tertiary/aromatic N) is 2. The van der Waals surface area contributed by atoms with Crippen molar-refractivity contribution in [3.63, 3.8) is 0 Å². The quantitative estimate of drug-likeness (QED) is 0.930. The number of aromatic nitrogens is 2. The molecule has 1 atom stereocenters. The molecule has 3 rings (SSSR count). The van der Waals surface area contributed by atoms with Gasteiger partial charge in [0.2, 0.25) is 0 Å². The molecule has 0 amide bonds. The summed E-state index contributed by atoms with van der Waals surface area (Å²) >= 11 is 0. The van der Waals surface area contributed by atoms with Gasteiger partial charge in [-0.2, -0.15) is 5.10 Å². The molecule has 0 spiro atoms. The van der Waals surface area contributed by atoms with E-state index in [0.29, 0.717) is 12.3 Å². The summed E-state index contributed by atoms with van der Waals surface area (Å²) in [5.41, 5.74) is 2.07. The van der Waals surface area contributed by atoms with Crippen LogP contribution in [0, 0.1) is 0 Å². The Morgan fingerprint density at radius 3 is 2.86 bits per heavy atom. The molecule has 1 aliphatic rings. The minimum absolute atomic E-state index is 0.0591. The van der Waals surface area contributed by atoms with E-state index in [0.717, 1.165) is 24.1 Å². The van der Waals surface area contributed by atoms with Crippen molar-refractivity contribution >= 4 is 9.84 Å². The molecule has 2 heterocycles. The van der Waals surface area contributed by atoms with Crippen molar-refractivity contribution in [1.82, 2.24) is 15.1 Å². The Bertz CT molecular complexity index is 695. The van der Waals surface area contributed by atoms with Crippen LogP contribution in [-0.2, 0) is 16.4 Å². The minimum Gasteiger partial charge on any atom is -0.309 e. The SMILES string of the molecule is O=S1(=O)CCCC(NCc2cnn(-c3ccccc3)c2)C1. The van der Waals surface area contributed by atoms with Gasteiger partial charge in [0.1, 0.15) is 0 Å². The van der Waals surface area contributed by atoms with E-state index in [1.165, 1.54) is 0 Å². The van der Waals surface area contributed by atoms with E-state index in [9.17, 15) is 8.42 Å². The van der Waals surface area contributed by atoms with Crippen molar-refractivity contribution in [3.8, 4) is 5.69 Å². The van der Waals surface area contributed by atoms with Crippen LogP contribution in [0.1, 0.15) is 18.4 Å². The molecular weight excluding hydrogens is 286 g/mol. The lowest BCUT2D eigenvalue weighted by Crippen LogP contribution is -2.39. The van der Waals surface area contributed by atoms with Crippen LogP contribution >= 0.6 is 0 Å². The fourth-order valence-corrected chi connectivity index (χ4v) is 4.29. The lowest BCUT2D eigenvalue weighted by molar-refractivity contribution is 0.480. The molecule has 1 aliphatic heterocycles. The predicted molar refractivity (Wildman–Crippen MR) is 82.1 cm³/mol. The molecule has 1 unspecified atom stereocenters. The molecule has 5 nitrogen and oxygen atoms in total. The van der Waals surface area contributed by atoms with Gasteiger partial charge < -0.3 is 5.32 Å². The predicted octanol–water partition coefficient (Wildman–Crippen LogP) is 1.54. The van der Waals surface area contributed by atoms with Crippen LogP contribution in [0.2, 0.25) is 0 Å². The minimum atomic E-state index is -2.86. The molecule has 0 radical (unpaired) electrons. The van der Waals surface area contributed by atoms with Crippen LogP contribution < -0.4 is 5.32 Å². The number of hydrogen-bond donors (Lipinski definition) is 1. The molecule has 2 aromatic rings. The van der Waals surface area contributed by atoms with Gasteiger partial charge in [-0.15, -0.1) is 0 Å². The van der Waals surface area contributed by atoms with E-state index in [4.69, 9.17) is 0 Å². The van der Waals surface area contributed by atoms with Crippen molar-refractivity contribution in [1.29, 1.82) is 0 Å². The largest absolute Gasteiger partial charge is 0.309 e. The van der Waals surface area contributed by atoms with Gasteiger partial charge >= 0.3 is 0 Å². The van der Waals surface area contributed by atoms with Crippen LogP contribution in [0.3, 0.4) is 0 Å². The molecule has 1 aromatic carbocycles. The molecule has 1 aromatic heterocycles. The smallest absolute Gasteiger partial charge is 0.151 e. The highest BCUT2D eigenvalue weighted by Crippen LogP contribution is 2.13. The van der Waals surface area contributed by atoms with Gasteiger partial charge in [0.15, 0.2) is 9.84 Å². The van der Waals surface area contributed by atoms with Crippen LogP contribution in [0.4, 0.5) is 0 Å². The molecule has 6 heteroatoms. The normalized spacial score (nSPS) is 21.2. The first-order chi connectivity index (χ1) is 10.1. The van der Waals surface area contributed by atoms with Crippen molar-refractivity contribution in [3.05, 3.63) is 48.3 Å². The monoisotopic (exact) mass is 305 g/mol. The van der Waals surface area contributed by atoms with Gasteiger partial charge in [0.05, 0.1) is 23.4 Å². The number of sulfone groups is 1. The average molecular weight is 305 g/mol. The summed E-state index contributed by atoms with van der Waals surface area (Å²) in [5, 5.41) is 7.66. The second-order valence-corrected chi connectivity index (χ2v) is 7.69. The first-order valence-corrected chi connectivity index (χ1v) is 8.97. The number of benzene rings is 1. The van der Waals surface area contributed by atoms with Gasteiger partial charge in [-0.1, -0.05) is 18.2 Å². The lowest BCUT2D eigenvalue weighted by Gasteiger charge is -2.22. The fraction of sp³-hybridized carbons (Fsp3) is 0.400. The topological polar surface area (TPSA) is 64.0 Å². The Hall–Kier alpha value is -1.66. The average Bonchev–Trinajstić information content (AvgIpc) is 2.94. The van der Waals surface area contributed by atoms with E-state index in [2.05, 4.69) is 10.4 Å². The van der Waals surface area contributed by atoms with E-state index in [-0.39, 0.29) is 11.8 Å². The summed E-state index contributed by atoms with van der Waals surface area (Å²) in [7, 11) is -2.86. The van der Waals surface area contributed by atoms with Crippen LogP contribution in [-0.4, -0.2) is 35.7 Å². The zero-order valence-electron chi connectivity index (χ0n) is 11.8. The summed E-state index contributed by atoms with van der Waals surface area (Å²) in [6.07, 6.45) is 5.46. The maximum absolute atomic E-state index is 11.6. The van der Waals surface area contributed by atoms with Crippen LogP contribution in [0.25, 0.3) is 5.69 Å². The van der Waals surface area contributed by atoms with Gasteiger partial charge in [-0.25, -0.2) is 13.1 Å². The van der Waals surface area contributed by atoms with Crippen molar-refractivity contribution < 1.29 is 8.42 Å². The lowest BCUT2D eigenvalue weighted by atomic mass is 10.2. The molecule has 0 saturated carbocycles. The molecule has 112 valence electrons. The first kappa shape index (κ1) is 14.3. The van der Waals surface area contributed by atoms with Crippen molar-refractivity contribution in [2.75, 3.05) is 11.5 Å². The number of para-hydroxylation sites is 1. The summed E-state index contributed by atoms with van der Waals surface area (Å²) in [6.45, 7) is 0.646. The highest BCUT2D eigenvalue weighted by atomic mass is 32.2. The molecule has 21 heavy (non-hydrogen) atoms. The standard InChI is InChI=1S/C15H19N3O2S/c19-21(20)8-4-5-14(12-21)16-9-13-10-17-18(11-13)15-6-2-1-3-7-15/h1-3,6-7,10-11,14,16H,4-5,8-9,12H2. The van der Waals surface area contributed by atoms with E-state index in [1.54, 1.807) is 0 Å². The maximum Gasteiger partial charge on any atom is 0.151 e. The van der Waals surface area contributed by atoms with Gasteiger partial charge in [0.25, 0.3) is 0 Å². The Morgan fingerprint density at radius 2 is 2.10 bits per heavy atom. The second-order valence-electron chi connectivity index (χ2n) is 5.46. The van der Waals surface area contributed by atoms with Gasteiger partial charge in [-0.3, -0.25) is 0 Å². The Balaban J connectivity index is 1.60. The van der Waals surface area contributed by atoms with E-state index >= 15 is 0 Å². The summed E-state index contributed by atoms with van der Waals surface area (Å²) in [5.74, 6) is 0.580. The zero-order chi connectivity index (χ0) is 14.7. The Kier molecular flexibility index (Phi) is 4.07. The Labute approximate surface area is 124 Å². The number of rotatable bonds is 4. The highest BCUT2D eigenvalue weighted by Gasteiger charge is 2.24.